The van der Waals surface area contributed by atoms with Crippen LogP contribution in [0.3, 0.4) is 0 Å². The second-order valence-electron chi connectivity index (χ2n) is 6.05. The molecule has 0 spiro atoms. The number of ether oxygens (including phenoxy) is 1. The van der Waals surface area contributed by atoms with Gasteiger partial charge in [0.1, 0.15) is 12.3 Å². The van der Waals surface area contributed by atoms with E-state index < -0.39 is 48.9 Å². The Labute approximate surface area is 146 Å². The fourth-order valence-corrected chi connectivity index (χ4v) is 5.39. The number of aromatic nitrogens is 2. The number of hydrogen-bond acceptors (Lipinski definition) is 7. The second-order valence-corrected chi connectivity index (χ2v) is 8.97. The highest BCUT2D eigenvalue weighted by Crippen LogP contribution is 2.61. The van der Waals surface area contributed by atoms with E-state index in [2.05, 4.69) is 4.98 Å². The first kappa shape index (κ1) is 18.8. The van der Waals surface area contributed by atoms with Crippen LogP contribution in [0.15, 0.2) is 21.9 Å². The molecule has 8 nitrogen and oxygen atoms in total. The van der Waals surface area contributed by atoms with Crippen molar-refractivity contribution in [2.45, 2.75) is 50.7 Å². The average Bonchev–Trinajstić information content (AvgIpc) is 2.85. The Morgan fingerprint density at radius 1 is 1.48 bits per heavy atom. The summed E-state index contributed by atoms with van der Waals surface area (Å²) in [6.45, 7) is -0.239. The number of hydrogen-bond donors (Lipinski definition) is 1. The highest BCUT2D eigenvalue weighted by Gasteiger charge is 2.61. The third kappa shape index (κ3) is 3.49. The third-order valence-corrected chi connectivity index (χ3v) is 6.36. The van der Waals surface area contributed by atoms with Crippen molar-refractivity contribution in [1.29, 1.82) is 0 Å². The Hall–Kier alpha value is -0.970. The third-order valence-electron chi connectivity index (χ3n) is 3.89. The van der Waals surface area contributed by atoms with Crippen molar-refractivity contribution in [1.82, 2.24) is 9.55 Å². The lowest BCUT2D eigenvalue weighted by atomic mass is 9.98. The topological polar surface area (TPSA) is 91.8 Å². The molecule has 1 N–H and O–H groups in total. The van der Waals surface area contributed by atoms with Crippen molar-refractivity contribution in [2.75, 3.05) is 6.61 Å². The van der Waals surface area contributed by atoms with Gasteiger partial charge in [0.2, 0.25) is 0 Å². The van der Waals surface area contributed by atoms with E-state index in [9.17, 15) is 18.4 Å². The van der Waals surface area contributed by atoms with Gasteiger partial charge in [-0.2, -0.15) is 0 Å². The van der Waals surface area contributed by atoms with E-state index in [1.54, 1.807) is 13.8 Å². The maximum Gasteiger partial charge on any atom is 0.330 e. The van der Waals surface area contributed by atoms with Gasteiger partial charge in [-0.25, -0.2) is 13.6 Å². The average molecular weight is 398 g/mol. The zero-order valence-electron chi connectivity index (χ0n) is 13.4. The highest BCUT2D eigenvalue weighted by molar-refractivity contribution is 8.07. The number of nitrogens with zero attached hydrogens (tertiary/aromatic N) is 1. The SMILES string of the molecule is CC(C)OP1(=S)OC[C@@]2(C(F)F)O[C@@H](n3ccc(=O)[nH]c3=O)C[C@H]2O1. The number of H-pyrrole nitrogens is 1. The molecule has 25 heavy (non-hydrogen) atoms. The Morgan fingerprint density at radius 3 is 2.80 bits per heavy atom. The molecule has 4 atom stereocenters. The summed E-state index contributed by atoms with van der Waals surface area (Å²) in [6, 6.07) is 1.10. The van der Waals surface area contributed by atoms with E-state index in [0.29, 0.717) is 0 Å². The minimum Gasteiger partial charge on any atom is -0.340 e. The first-order valence-electron chi connectivity index (χ1n) is 7.54. The maximum atomic E-state index is 13.7. The van der Waals surface area contributed by atoms with Crippen LogP contribution < -0.4 is 11.2 Å². The van der Waals surface area contributed by atoms with Gasteiger partial charge in [-0.3, -0.25) is 14.3 Å². The molecular weight excluding hydrogens is 381 g/mol. The molecular formula is C13H17F2N2O6PS. The van der Waals surface area contributed by atoms with E-state index in [1.165, 1.54) is 6.20 Å². The summed E-state index contributed by atoms with van der Waals surface area (Å²) in [5.41, 5.74) is -3.41. The Bertz CT molecular complexity index is 814. The highest BCUT2D eigenvalue weighted by atomic mass is 32.5. The Balaban J connectivity index is 1.91. The van der Waals surface area contributed by atoms with E-state index in [0.717, 1.165) is 10.6 Å². The number of aromatic amines is 1. The smallest absolute Gasteiger partial charge is 0.330 e. The molecule has 1 aromatic heterocycles. The molecule has 3 heterocycles. The summed E-state index contributed by atoms with van der Waals surface area (Å²) in [5, 5.41) is 0. The standard InChI is InChI=1S/C13H17F2N2O6PS/c1-7(2)22-24(25)20-6-13(11(14)15)8(23-24)5-10(21-13)17-4-3-9(18)16-12(17)19/h3-4,7-8,10-11H,5-6H2,1-2H3,(H,16,18,19)/t8-,10-,13-,24?/m1/s1. The summed E-state index contributed by atoms with van der Waals surface area (Å²) in [7, 11) is 0. The predicted molar refractivity (Wildman–Crippen MR) is 86.1 cm³/mol. The van der Waals surface area contributed by atoms with Gasteiger partial charge in [0, 0.05) is 18.7 Å². The minimum absolute atomic E-state index is 0.0561. The van der Waals surface area contributed by atoms with Crippen molar-refractivity contribution in [2.24, 2.45) is 0 Å². The fraction of sp³-hybridized carbons (Fsp3) is 0.692. The summed E-state index contributed by atoms with van der Waals surface area (Å²) in [6.07, 6.45) is -4.25. The molecule has 0 aromatic carbocycles. The van der Waals surface area contributed by atoms with Crippen LogP contribution in [0.5, 0.6) is 0 Å². The molecule has 12 heteroatoms. The largest absolute Gasteiger partial charge is 0.340 e. The van der Waals surface area contributed by atoms with Gasteiger partial charge in [-0.15, -0.1) is 0 Å². The van der Waals surface area contributed by atoms with Crippen LogP contribution in [0.1, 0.15) is 26.5 Å². The molecule has 1 aromatic rings. The van der Waals surface area contributed by atoms with Gasteiger partial charge in [-0.1, -0.05) is 0 Å². The van der Waals surface area contributed by atoms with Crippen LogP contribution >= 0.6 is 6.72 Å². The van der Waals surface area contributed by atoms with Crippen LogP contribution in [0.2, 0.25) is 0 Å². The first-order chi connectivity index (χ1) is 11.7. The molecule has 0 aliphatic carbocycles. The molecule has 0 saturated carbocycles. The van der Waals surface area contributed by atoms with Crippen molar-refractivity contribution in [3.8, 4) is 0 Å². The lowest BCUT2D eigenvalue weighted by molar-refractivity contribution is -0.204. The molecule has 0 bridgehead atoms. The molecule has 2 fully saturated rings. The normalized spacial score (nSPS) is 35.3. The molecule has 3 rings (SSSR count). The molecule has 0 amide bonds. The van der Waals surface area contributed by atoms with Crippen molar-refractivity contribution in [3.63, 3.8) is 0 Å². The predicted octanol–water partition coefficient (Wildman–Crippen LogP) is 1.52. The lowest BCUT2D eigenvalue weighted by Crippen LogP contribution is -2.53. The van der Waals surface area contributed by atoms with Gasteiger partial charge >= 0.3 is 12.4 Å². The van der Waals surface area contributed by atoms with Crippen LogP contribution in [0.4, 0.5) is 8.78 Å². The van der Waals surface area contributed by atoms with E-state index in [-0.39, 0.29) is 12.5 Å². The summed E-state index contributed by atoms with van der Waals surface area (Å²) in [4.78, 5) is 25.1. The summed E-state index contributed by atoms with van der Waals surface area (Å²) < 4.78 is 50.3. The molecule has 140 valence electrons. The number of alkyl halides is 2. The summed E-state index contributed by atoms with van der Waals surface area (Å²) in [5.74, 6) is 0. The van der Waals surface area contributed by atoms with Crippen LogP contribution in [0.25, 0.3) is 0 Å². The number of halogens is 2. The molecule has 2 saturated heterocycles. The van der Waals surface area contributed by atoms with Gasteiger partial charge in [0.15, 0.2) is 5.60 Å². The van der Waals surface area contributed by atoms with E-state index in [4.69, 9.17) is 30.1 Å². The van der Waals surface area contributed by atoms with Crippen molar-refractivity contribution >= 4 is 18.5 Å². The van der Waals surface area contributed by atoms with Gasteiger partial charge in [0.05, 0.1) is 12.7 Å². The number of rotatable bonds is 4. The van der Waals surface area contributed by atoms with Crippen molar-refractivity contribution in [3.05, 3.63) is 33.1 Å². The maximum absolute atomic E-state index is 13.7. The van der Waals surface area contributed by atoms with E-state index >= 15 is 0 Å². The van der Waals surface area contributed by atoms with Crippen molar-refractivity contribution < 1.29 is 27.1 Å². The zero-order chi connectivity index (χ0) is 18.4. The molecule has 2 aliphatic rings. The monoisotopic (exact) mass is 398 g/mol. The second kappa shape index (κ2) is 6.64. The quantitative estimate of drug-likeness (QED) is 0.769. The Morgan fingerprint density at radius 2 is 2.20 bits per heavy atom. The van der Waals surface area contributed by atoms with Gasteiger partial charge < -0.3 is 18.3 Å². The summed E-state index contributed by atoms with van der Waals surface area (Å²) >= 11 is 5.22. The van der Waals surface area contributed by atoms with Gasteiger partial charge in [-0.05, 0) is 25.7 Å². The Kier molecular flexibility index (Phi) is 5.00. The fourth-order valence-electron chi connectivity index (χ4n) is 2.78. The molecule has 2 aliphatic heterocycles. The van der Waals surface area contributed by atoms with E-state index in [1.807, 2.05) is 0 Å². The van der Waals surface area contributed by atoms with Crippen LogP contribution in [-0.2, 0) is 30.1 Å². The lowest BCUT2D eigenvalue weighted by Gasteiger charge is -2.41. The number of fused-ring (bicyclic) bond motifs is 1. The number of nitrogens with one attached hydrogen (secondary N) is 1. The minimum atomic E-state index is -3.18. The van der Waals surface area contributed by atoms with Crippen LogP contribution in [0, 0.1) is 0 Å². The van der Waals surface area contributed by atoms with Gasteiger partial charge in [0.25, 0.3) is 12.0 Å². The molecule has 0 radical (unpaired) electrons. The molecule has 1 unspecified atom stereocenters. The first-order valence-corrected chi connectivity index (χ1v) is 10.1. The van der Waals surface area contributed by atoms with Crippen LogP contribution in [-0.4, -0.2) is 40.4 Å². The zero-order valence-corrected chi connectivity index (χ0v) is 15.1.